The maximum atomic E-state index is 4.83. The molecule has 0 saturated carbocycles. The third kappa shape index (κ3) is 6100. The first kappa shape index (κ1) is 96.6. The van der Waals surface area contributed by atoms with Crippen LogP contribution >= 0.6 is 0 Å². The van der Waals surface area contributed by atoms with E-state index in [1.54, 1.807) is 0 Å². The molecule has 0 aromatic rings. The van der Waals surface area contributed by atoms with Crippen LogP contribution in [0, 0.1) is 0 Å². The zero-order valence-electron chi connectivity index (χ0n) is 24.7. The molecule has 1 nitrogen and oxygen atoms in total. The van der Waals surface area contributed by atoms with Crippen LogP contribution in [0.3, 0.4) is 0 Å². The summed E-state index contributed by atoms with van der Waals surface area (Å²) < 4.78 is 4.83. The molecule has 0 aliphatic heterocycles. The van der Waals surface area contributed by atoms with E-state index in [-0.39, 0.29) is 29.7 Å². The van der Waals surface area contributed by atoms with Gasteiger partial charge in [0.2, 0.25) is 0 Å². The van der Waals surface area contributed by atoms with Crippen molar-refractivity contribution in [1.82, 2.24) is 0 Å². The maximum Gasteiger partial charge on any atom is 0.0437 e. The van der Waals surface area contributed by atoms with E-state index in [1.165, 1.54) is 25.7 Å². The molecule has 0 bridgehead atoms. The lowest BCUT2D eigenvalue weighted by Gasteiger charge is -1.86. The quantitative estimate of drug-likeness (QED) is 0.394. The fourth-order valence-electron chi connectivity index (χ4n) is 0.204. The molecule has 0 N–H and O–H groups in total. The minimum absolute atomic E-state index is 0. The fourth-order valence-corrected chi connectivity index (χ4v) is 0.204. The van der Waals surface area contributed by atoms with E-state index in [9.17, 15) is 0 Å². The lowest BCUT2D eigenvalue weighted by Crippen LogP contribution is -1.84. The molecule has 0 saturated heterocycles. The van der Waals surface area contributed by atoms with Crippen molar-refractivity contribution in [3.05, 3.63) is 0 Å². The smallest absolute Gasteiger partial charge is 0.0437 e. The number of ether oxygens (including phenoxy) is 1. The summed E-state index contributed by atoms with van der Waals surface area (Å²) in [6.45, 7) is 42.7. The standard InChI is InChI=1S/C4H10O.4C3H8.5C2H6.4CH4/c1-3-5-4-2;4*1-3-2;5*1-2;;;;/h3-4H2,1-2H3;4*3H2,1-2H3;5*1-2H3;4*1H4. The molecule has 0 heterocycles. The largest absolute Gasteiger partial charge is 0.382 e. The SMILES string of the molecule is C.C.C.C.CC.CC.CC.CC.CC.CCC.CCC.CCC.CCC.CCOCC. The zero-order valence-corrected chi connectivity index (χ0v) is 24.7. The van der Waals surface area contributed by atoms with Gasteiger partial charge in [-0.1, -0.05) is 180 Å². The van der Waals surface area contributed by atoms with Gasteiger partial charge in [-0.15, -0.1) is 0 Å². The summed E-state index contributed by atoms with van der Waals surface area (Å²) in [5, 5.41) is 0. The fraction of sp³-hybridized carbons (Fsp3) is 1.00. The predicted octanol–water partition coefficient (Wildman–Crippen LogP) is 14.4. The highest BCUT2D eigenvalue weighted by atomic mass is 16.5. The van der Waals surface area contributed by atoms with Crippen molar-refractivity contribution in [1.29, 1.82) is 0 Å². The van der Waals surface area contributed by atoms with E-state index < -0.39 is 0 Å². The lowest BCUT2D eigenvalue weighted by atomic mass is 10.6. The zero-order chi connectivity index (χ0) is 24.9. The third-order valence-corrected chi connectivity index (χ3v) is 0.408. The van der Waals surface area contributed by atoms with E-state index in [1.807, 2.05) is 83.1 Å². The Labute approximate surface area is 212 Å². The Bertz CT molecular complexity index is 35.7. The second-order valence-corrected chi connectivity index (χ2v) is 3.61. The van der Waals surface area contributed by atoms with Crippen molar-refractivity contribution >= 4 is 0 Å². The number of hydrogen-bond acceptors (Lipinski definition) is 1. The highest BCUT2D eigenvalue weighted by Crippen LogP contribution is 1.64. The van der Waals surface area contributed by atoms with Crippen molar-refractivity contribution in [2.75, 3.05) is 13.2 Å². The second-order valence-electron chi connectivity index (χ2n) is 3.61. The van der Waals surface area contributed by atoms with Crippen LogP contribution in [-0.4, -0.2) is 13.2 Å². The van der Waals surface area contributed by atoms with Crippen LogP contribution in [-0.2, 0) is 4.74 Å². The highest BCUT2D eigenvalue weighted by molar-refractivity contribution is 4.07. The molecule has 0 aliphatic carbocycles. The molecule has 0 spiro atoms. The van der Waals surface area contributed by atoms with E-state index in [4.69, 9.17) is 4.74 Å². The monoisotopic (exact) mass is 465 g/mol. The van der Waals surface area contributed by atoms with E-state index in [0.717, 1.165) is 13.2 Å². The molecular formula is C30H88O. The molecule has 0 amide bonds. The number of hydrogen-bond donors (Lipinski definition) is 0. The van der Waals surface area contributed by atoms with Gasteiger partial charge in [0.25, 0.3) is 0 Å². The second kappa shape index (κ2) is 519. The van der Waals surface area contributed by atoms with E-state index >= 15 is 0 Å². The van der Waals surface area contributed by atoms with Crippen LogP contribution < -0.4 is 0 Å². The predicted molar refractivity (Wildman–Crippen MR) is 170 cm³/mol. The first-order valence-electron chi connectivity index (χ1n) is 12.6. The van der Waals surface area contributed by atoms with Gasteiger partial charge in [-0.05, 0) is 13.8 Å². The maximum absolute atomic E-state index is 4.83. The Balaban J connectivity index is -0.00000000867. The van der Waals surface area contributed by atoms with Crippen LogP contribution in [0.4, 0.5) is 0 Å². The van der Waals surface area contributed by atoms with Crippen molar-refractivity contribution in [2.45, 2.75) is 194 Å². The third-order valence-electron chi connectivity index (χ3n) is 0.408. The summed E-state index contributed by atoms with van der Waals surface area (Å²) >= 11 is 0. The van der Waals surface area contributed by atoms with Gasteiger partial charge in [-0.2, -0.15) is 0 Å². The summed E-state index contributed by atoms with van der Waals surface area (Å²) in [5.41, 5.74) is 0. The molecule has 0 unspecified atom stereocenters. The normalized spacial score (nSPS) is 4.65. The molecule has 0 aromatic heterocycles. The van der Waals surface area contributed by atoms with Crippen LogP contribution in [0.15, 0.2) is 0 Å². The van der Waals surface area contributed by atoms with Gasteiger partial charge in [-0.3, -0.25) is 0 Å². The van der Waals surface area contributed by atoms with Crippen LogP contribution in [0.2, 0.25) is 0 Å². The minimum Gasteiger partial charge on any atom is -0.382 e. The highest BCUT2D eigenvalue weighted by Gasteiger charge is 1.64. The molecule has 0 rings (SSSR count). The molecule has 31 heavy (non-hydrogen) atoms. The summed E-state index contributed by atoms with van der Waals surface area (Å²) in [7, 11) is 0. The Morgan fingerprint density at radius 2 is 0.355 bits per heavy atom. The Morgan fingerprint density at radius 3 is 0.355 bits per heavy atom. The Kier molecular flexibility index (Phi) is 1620. The summed E-state index contributed by atoms with van der Waals surface area (Å²) in [6, 6.07) is 0. The van der Waals surface area contributed by atoms with Crippen LogP contribution in [0.25, 0.3) is 0 Å². The van der Waals surface area contributed by atoms with Crippen molar-refractivity contribution in [2.24, 2.45) is 0 Å². The average molecular weight is 465 g/mol. The molecule has 0 atom stereocenters. The molecule has 0 aliphatic rings. The van der Waals surface area contributed by atoms with Gasteiger partial charge in [0, 0.05) is 13.2 Å². The van der Waals surface area contributed by atoms with Gasteiger partial charge < -0.3 is 4.74 Å². The van der Waals surface area contributed by atoms with Crippen LogP contribution in [0.5, 0.6) is 0 Å². The Hall–Kier alpha value is -0.0400. The topological polar surface area (TPSA) is 9.23 Å². The van der Waals surface area contributed by atoms with E-state index in [0.29, 0.717) is 0 Å². The summed E-state index contributed by atoms with van der Waals surface area (Å²) in [6.07, 6.45) is 5.00. The average Bonchev–Trinajstić information content (AvgIpc) is 2.73. The summed E-state index contributed by atoms with van der Waals surface area (Å²) in [4.78, 5) is 0. The van der Waals surface area contributed by atoms with Gasteiger partial charge in [-0.25, -0.2) is 0 Å². The molecule has 214 valence electrons. The van der Waals surface area contributed by atoms with E-state index in [2.05, 4.69) is 55.4 Å². The molecule has 0 aromatic carbocycles. The van der Waals surface area contributed by atoms with Gasteiger partial charge in [0.05, 0.1) is 0 Å². The lowest BCUT2D eigenvalue weighted by molar-refractivity contribution is 0.162. The first-order valence-corrected chi connectivity index (χ1v) is 12.6. The molecule has 0 radical (unpaired) electrons. The Morgan fingerprint density at radius 1 is 0.290 bits per heavy atom. The minimum atomic E-state index is 0. The molecular weight excluding hydrogens is 376 g/mol. The van der Waals surface area contributed by atoms with Gasteiger partial charge >= 0.3 is 0 Å². The van der Waals surface area contributed by atoms with Gasteiger partial charge in [0.1, 0.15) is 0 Å². The van der Waals surface area contributed by atoms with Crippen molar-refractivity contribution < 1.29 is 4.74 Å². The molecule has 1 heteroatoms. The van der Waals surface area contributed by atoms with Crippen molar-refractivity contribution in [3.63, 3.8) is 0 Å². The number of rotatable bonds is 2. The summed E-state index contributed by atoms with van der Waals surface area (Å²) in [5.74, 6) is 0. The van der Waals surface area contributed by atoms with Gasteiger partial charge in [0.15, 0.2) is 0 Å². The van der Waals surface area contributed by atoms with Crippen LogP contribution in [0.1, 0.15) is 194 Å². The first-order chi connectivity index (χ1) is 13.1. The molecule has 0 fully saturated rings. The van der Waals surface area contributed by atoms with Crippen molar-refractivity contribution in [3.8, 4) is 0 Å².